The van der Waals surface area contributed by atoms with Gasteiger partial charge in [0.2, 0.25) is 0 Å². The van der Waals surface area contributed by atoms with Crippen molar-refractivity contribution in [2.24, 2.45) is 0 Å². The van der Waals surface area contributed by atoms with Crippen LogP contribution in [0.3, 0.4) is 0 Å². The topological polar surface area (TPSA) is 54.1 Å². The Labute approximate surface area is 305 Å². The van der Waals surface area contributed by atoms with E-state index in [0.29, 0.717) is 11.1 Å². The van der Waals surface area contributed by atoms with E-state index in [1.165, 1.54) is 0 Å². The number of nitriles is 2. The molecule has 0 heterocycles. The van der Waals surface area contributed by atoms with Gasteiger partial charge in [-0.15, -0.1) is 0 Å². The summed E-state index contributed by atoms with van der Waals surface area (Å²) in [5.74, 6) is 0. The SMILES string of the molecule is N#C/C(=C/c1ccc(N(c2ccccc2)c2ccccc2)cc1)c1ccc(/C(C#N)=C\c2ccc(N(c3ccccc3)c3ccccc3)cc2)cc1. The maximum Gasteiger partial charge on any atom is 0.0998 e. The van der Waals surface area contributed by atoms with Crippen molar-refractivity contribution in [1.29, 1.82) is 10.5 Å². The lowest BCUT2D eigenvalue weighted by Gasteiger charge is -2.25. The van der Waals surface area contributed by atoms with Crippen molar-refractivity contribution >= 4 is 57.4 Å². The summed E-state index contributed by atoms with van der Waals surface area (Å²) in [5.41, 5.74) is 10.8. The van der Waals surface area contributed by atoms with Gasteiger partial charge in [-0.2, -0.15) is 10.5 Å². The van der Waals surface area contributed by atoms with Crippen LogP contribution in [0.2, 0.25) is 0 Å². The quantitative estimate of drug-likeness (QED) is 0.108. The van der Waals surface area contributed by atoms with Gasteiger partial charge in [0.15, 0.2) is 0 Å². The Morgan fingerprint density at radius 1 is 0.327 bits per heavy atom. The summed E-state index contributed by atoms with van der Waals surface area (Å²) in [7, 11) is 0. The molecule has 0 spiro atoms. The van der Waals surface area contributed by atoms with Crippen molar-refractivity contribution in [2.45, 2.75) is 0 Å². The maximum atomic E-state index is 10.1. The van der Waals surface area contributed by atoms with Gasteiger partial charge in [0.05, 0.1) is 23.3 Å². The number of rotatable bonds is 10. The third-order valence-corrected chi connectivity index (χ3v) is 8.73. The Balaban J connectivity index is 1.10. The smallest absolute Gasteiger partial charge is 0.0998 e. The van der Waals surface area contributed by atoms with E-state index < -0.39 is 0 Å². The van der Waals surface area contributed by atoms with Crippen LogP contribution in [0.15, 0.2) is 194 Å². The van der Waals surface area contributed by atoms with Crippen LogP contribution >= 0.6 is 0 Å². The number of benzene rings is 7. The van der Waals surface area contributed by atoms with Gasteiger partial charge >= 0.3 is 0 Å². The summed E-state index contributed by atoms with van der Waals surface area (Å²) >= 11 is 0. The van der Waals surface area contributed by atoms with Crippen molar-refractivity contribution < 1.29 is 0 Å². The molecule has 0 radical (unpaired) electrons. The van der Waals surface area contributed by atoms with Crippen LogP contribution < -0.4 is 9.80 Å². The average Bonchev–Trinajstić information content (AvgIpc) is 3.22. The van der Waals surface area contributed by atoms with Crippen LogP contribution in [0.1, 0.15) is 22.3 Å². The van der Waals surface area contributed by atoms with Crippen molar-refractivity contribution in [1.82, 2.24) is 0 Å². The first kappa shape index (κ1) is 33.1. The summed E-state index contributed by atoms with van der Waals surface area (Å²) in [4.78, 5) is 4.41. The lowest BCUT2D eigenvalue weighted by atomic mass is 9.98. The predicted octanol–water partition coefficient (Wildman–Crippen LogP) is 12.8. The molecule has 0 aliphatic rings. The van der Waals surface area contributed by atoms with Crippen LogP contribution in [0, 0.1) is 22.7 Å². The molecule has 0 bridgehead atoms. The van der Waals surface area contributed by atoms with Crippen molar-refractivity contribution in [3.63, 3.8) is 0 Å². The first-order valence-electron chi connectivity index (χ1n) is 17.1. The molecule has 7 aromatic rings. The highest BCUT2D eigenvalue weighted by molar-refractivity contribution is 5.93. The van der Waals surface area contributed by atoms with Gasteiger partial charge in [-0.3, -0.25) is 0 Å². The Bertz CT molecular complexity index is 2120. The number of hydrogen-bond acceptors (Lipinski definition) is 4. The van der Waals surface area contributed by atoms with Gasteiger partial charge in [0.1, 0.15) is 0 Å². The zero-order chi connectivity index (χ0) is 35.5. The number of para-hydroxylation sites is 4. The first-order chi connectivity index (χ1) is 25.7. The number of allylic oxidation sites excluding steroid dienone is 2. The molecular formula is C48H34N4. The van der Waals surface area contributed by atoms with Gasteiger partial charge in [0.25, 0.3) is 0 Å². The van der Waals surface area contributed by atoms with E-state index in [1.54, 1.807) is 0 Å². The third-order valence-electron chi connectivity index (χ3n) is 8.73. The van der Waals surface area contributed by atoms with E-state index in [4.69, 9.17) is 0 Å². The van der Waals surface area contributed by atoms with Crippen LogP contribution in [0.5, 0.6) is 0 Å². The fourth-order valence-electron chi connectivity index (χ4n) is 6.16. The summed E-state index contributed by atoms with van der Waals surface area (Å²) < 4.78 is 0. The van der Waals surface area contributed by atoms with E-state index in [2.05, 4.69) is 94.7 Å². The van der Waals surface area contributed by atoms with Crippen LogP contribution in [-0.2, 0) is 0 Å². The fourth-order valence-corrected chi connectivity index (χ4v) is 6.16. The van der Waals surface area contributed by atoms with Crippen molar-refractivity contribution in [3.05, 3.63) is 216 Å². The van der Waals surface area contributed by atoms with Crippen LogP contribution in [0.4, 0.5) is 34.1 Å². The van der Waals surface area contributed by atoms with Crippen LogP contribution in [-0.4, -0.2) is 0 Å². The normalized spacial score (nSPS) is 11.3. The van der Waals surface area contributed by atoms with E-state index in [1.807, 2.05) is 133 Å². The first-order valence-corrected chi connectivity index (χ1v) is 17.1. The molecule has 0 saturated heterocycles. The molecule has 7 rings (SSSR count). The minimum absolute atomic E-state index is 0.543. The van der Waals surface area contributed by atoms with E-state index >= 15 is 0 Å². The van der Waals surface area contributed by atoms with Gasteiger partial charge in [-0.25, -0.2) is 0 Å². The monoisotopic (exact) mass is 666 g/mol. The average molecular weight is 667 g/mol. The van der Waals surface area contributed by atoms with Gasteiger partial charge in [-0.1, -0.05) is 121 Å². The maximum absolute atomic E-state index is 10.1. The second-order valence-corrected chi connectivity index (χ2v) is 12.1. The summed E-state index contributed by atoms with van der Waals surface area (Å²) in [6.07, 6.45) is 3.79. The highest BCUT2D eigenvalue weighted by Gasteiger charge is 2.13. The second kappa shape index (κ2) is 15.9. The molecular weight excluding hydrogens is 633 g/mol. The molecule has 0 saturated carbocycles. The standard InChI is InChI=1S/C48H34N4/c49-35-41(33-37-21-29-47(30-22-37)51(43-13-5-1-6-14-43)44-15-7-2-8-16-44)39-25-27-40(28-26-39)42(36-50)34-38-23-31-48(32-24-38)52(45-17-9-3-10-18-45)46-19-11-4-12-20-46/h1-34H/b41-33-,42-34-. The van der Waals surface area contributed by atoms with E-state index in [9.17, 15) is 10.5 Å². The zero-order valence-electron chi connectivity index (χ0n) is 28.4. The number of hydrogen-bond donors (Lipinski definition) is 0. The van der Waals surface area contributed by atoms with Gasteiger partial charge in [0, 0.05) is 34.1 Å². The third kappa shape index (κ3) is 7.58. The Morgan fingerprint density at radius 2 is 0.577 bits per heavy atom. The molecule has 7 aromatic carbocycles. The molecule has 0 aliphatic carbocycles. The summed E-state index contributed by atoms with van der Waals surface area (Å²) in [6, 6.07) is 69.8. The Kier molecular flexibility index (Phi) is 10.1. The highest BCUT2D eigenvalue weighted by atomic mass is 15.1. The molecule has 0 fully saturated rings. The predicted molar refractivity (Wildman–Crippen MR) is 216 cm³/mol. The minimum Gasteiger partial charge on any atom is -0.311 e. The van der Waals surface area contributed by atoms with Crippen molar-refractivity contribution in [2.75, 3.05) is 9.80 Å². The Hall–Kier alpha value is -7.40. The summed E-state index contributed by atoms with van der Waals surface area (Å²) in [5, 5.41) is 20.2. The molecule has 52 heavy (non-hydrogen) atoms. The lowest BCUT2D eigenvalue weighted by molar-refractivity contribution is 1.28. The molecule has 4 heteroatoms. The number of nitrogens with zero attached hydrogens (tertiary/aromatic N) is 4. The van der Waals surface area contributed by atoms with Crippen LogP contribution in [0.25, 0.3) is 23.3 Å². The minimum atomic E-state index is 0.543. The number of anilines is 6. The summed E-state index contributed by atoms with van der Waals surface area (Å²) in [6.45, 7) is 0. The molecule has 0 unspecified atom stereocenters. The molecule has 0 N–H and O–H groups in total. The van der Waals surface area contributed by atoms with Crippen molar-refractivity contribution in [3.8, 4) is 12.1 Å². The van der Waals surface area contributed by atoms with E-state index in [0.717, 1.165) is 56.4 Å². The largest absolute Gasteiger partial charge is 0.311 e. The molecule has 0 aliphatic heterocycles. The lowest BCUT2D eigenvalue weighted by Crippen LogP contribution is -2.09. The highest BCUT2D eigenvalue weighted by Crippen LogP contribution is 2.36. The molecule has 0 aromatic heterocycles. The zero-order valence-corrected chi connectivity index (χ0v) is 28.4. The Morgan fingerprint density at radius 3 is 0.827 bits per heavy atom. The second-order valence-electron chi connectivity index (χ2n) is 12.1. The van der Waals surface area contributed by atoms with Gasteiger partial charge < -0.3 is 9.80 Å². The van der Waals surface area contributed by atoms with Gasteiger partial charge in [-0.05, 0) is 107 Å². The molecule has 246 valence electrons. The fraction of sp³-hybridized carbons (Fsp3) is 0. The molecule has 0 amide bonds. The molecule has 0 atom stereocenters. The molecule has 4 nitrogen and oxygen atoms in total. The van der Waals surface area contributed by atoms with E-state index in [-0.39, 0.29) is 0 Å².